The Morgan fingerprint density at radius 1 is 1.09 bits per heavy atom. The van der Waals surface area contributed by atoms with Gasteiger partial charge in [-0.1, -0.05) is 58.9 Å². The van der Waals surface area contributed by atoms with Gasteiger partial charge < -0.3 is 19.6 Å². The Labute approximate surface area is 209 Å². The second kappa shape index (κ2) is 10.2. The van der Waals surface area contributed by atoms with Gasteiger partial charge in [-0.25, -0.2) is 0 Å². The van der Waals surface area contributed by atoms with Crippen molar-refractivity contribution in [3.05, 3.63) is 70.3 Å². The Hall–Kier alpha value is -3.12. The Balaban J connectivity index is 2.19. The van der Waals surface area contributed by atoms with E-state index in [9.17, 15) is 14.7 Å². The molecule has 6 nitrogen and oxygen atoms in total. The lowest BCUT2D eigenvalue weighted by Crippen LogP contribution is -2.35. The van der Waals surface area contributed by atoms with E-state index >= 15 is 0 Å². The van der Waals surface area contributed by atoms with Crippen molar-refractivity contribution in [3.63, 3.8) is 0 Å². The summed E-state index contributed by atoms with van der Waals surface area (Å²) in [6.45, 7) is 11.4. The number of ether oxygens (including phenoxy) is 1. The van der Waals surface area contributed by atoms with E-state index in [1.807, 2.05) is 49.3 Å². The molecule has 1 atom stereocenters. The number of carbonyl (C=O) groups is 2. The average Bonchev–Trinajstić information content (AvgIpc) is 3.06. The number of rotatable bonds is 7. The van der Waals surface area contributed by atoms with Crippen LogP contribution in [0, 0.1) is 0 Å². The van der Waals surface area contributed by atoms with Crippen LogP contribution in [-0.2, 0) is 15.0 Å². The highest BCUT2D eigenvalue weighted by Gasteiger charge is 2.46. The first-order valence-electron chi connectivity index (χ1n) is 12.1. The summed E-state index contributed by atoms with van der Waals surface area (Å²) in [4.78, 5) is 30.0. The third kappa shape index (κ3) is 5.43. The SMILES string of the molecule is COc1ccc(/C(O)=C2/C(=O)C(=O)N(CCN(C)C)C2c2ccc(C(C)C)cc2)cc1C(C)(C)C. The van der Waals surface area contributed by atoms with E-state index in [4.69, 9.17) is 4.74 Å². The first kappa shape index (κ1) is 26.5. The molecule has 0 radical (unpaired) electrons. The zero-order valence-electron chi connectivity index (χ0n) is 22.2. The van der Waals surface area contributed by atoms with Crippen LogP contribution in [0.25, 0.3) is 5.76 Å². The summed E-state index contributed by atoms with van der Waals surface area (Å²) in [7, 11) is 5.46. The highest BCUT2D eigenvalue weighted by Crippen LogP contribution is 2.41. The maximum absolute atomic E-state index is 13.3. The number of likely N-dealkylation sites (N-methyl/N-ethyl adjacent to an activating group) is 1. The first-order chi connectivity index (χ1) is 16.4. The first-order valence-corrected chi connectivity index (χ1v) is 12.1. The molecule has 2 aromatic carbocycles. The average molecular weight is 479 g/mol. The van der Waals surface area contributed by atoms with Gasteiger partial charge in [-0.2, -0.15) is 0 Å². The minimum atomic E-state index is -0.660. The van der Waals surface area contributed by atoms with Crippen LogP contribution in [0.4, 0.5) is 0 Å². The summed E-state index contributed by atoms with van der Waals surface area (Å²) >= 11 is 0. The zero-order chi connectivity index (χ0) is 26.1. The van der Waals surface area contributed by atoms with Gasteiger partial charge in [0.25, 0.3) is 11.7 Å². The Morgan fingerprint density at radius 3 is 2.23 bits per heavy atom. The van der Waals surface area contributed by atoms with E-state index in [1.54, 1.807) is 24.1 Å². The van der Waals surface area contributed by atoms with Gasteiger partial charge in [0.2, 0.25) is 0 Å². The van der Waals surface area contributed by atoms with Crippen molar-refractivity contribution >= 4 is 17.4 Å². The third-order valence-corrected chi connectivity index (χ3v) is 6.53. The summed E-state index contributed by atoms with van der Waals surface area (Å²) in [5.74, 6) is -0.342. The van der Waals surface area contributed by atoms with E-state index < -0.39 is 17.7 Å². The molecule has 35 heavy (non-hydrogen) atoms. The third-order valence-electron chi connectivity index (χ3n) is 6.53. The summed E-state index contributed by atoms with van der Waals surface area (Å²) < 4.78 is 5.53. The van der Waals surface area contributed by atoms with E-state index in [0.29, 0.717) is 30.3 Å². The van der Waals surface area contributed by atoms with Crippen molar-refractivity contribution in [2.75, 3.05) is 34.3 Å². The number of nitrogens with zero attached hydrogens (tertiary/aromatic N) is 2. The largest absolute Gasteiger partial charge is 0.507 e. The van der Waals surface area contributed by atoms with Crippen LogP contribution < -0.4 is 4.74 Å². The molecule has 1 aliphatic heterocycles. The summed E-state index contributed by atoms with van der Waals surface area (Å²) in [5, 5.41) is 11.5. The van der Waals surface area contributed by atoms with Crippen molar-refractivity contribution in [2.24, 2.45) is 0 Å². The molecule has 1 saturated heterocycles. The van der Waals surface area contributed by atoms with Gasteiger partial charge in [0.15, 0.2) is 0 Å². The number of methoxy groups -OCH3 is 1. The van der Waals surface area contributed by atoms with Gasteiger partial charge in [-0.3, -0.25) is 9.59 Å². The van der Waals surface area contributed by atoms with Gasteiger partial charge >= 0.3 is 0 Å². The Kier molecular flexibility index (Phi) is 7.75. The maximum Gasteiger partial charge on any atom is 0.295 e. The molecule has 1 fully saturated rings. The molecule has 1 heterocycles. The Morgan fingerprint density at radius 2 is 1.71 bits per heavy atom. The van der Waals surface area contributed by atoms with Gasteiger partial charge in [0.1, 0.15) is 11.5 Å². The van der Waals surface area contributed by atoms with Crippen molar-refractivity contribution < 1.29 is 19.4 Å². The molecule has 1 amide bonds. The minimum absolute atomic E-state index is 0.121. The fourth-order valence-corrected chi connectivity index (χ4v) is 4.43. The fraction of sp³-hybridized carbons (Fsp3) is 0.448. The summed E-state index contributed by atoms with van der Waals surface area (Å²) in [5.41, 5.74) is 3.25. The highest BCUT2D eigenvalue weighted by atomic mass is 16.5. The number of aliphatic hydroxyl groups excluding tert-OH is 1. The van der Waals surface area contributed by atoms with Gasteiger partial charge in [0.05, 0.1) is 18.7 Å². The molecule has 0 spiro atoms. The monoisotopic (exact) mass is 478 g/mol. The molecule has 1 N–H and O–H groups in total. The predicted molar refractivity (Wildman–Crippen MR) is 140 cm³/mol. The number of hydrogen-bond acceptors (Lipinski definition) is 5. The molecule has 1 aliphatic rings. The number of Topliss-reactive ketones (excluding diaryl/α,β-unsaturated/α-hetero) is 1. The number of aliphatic hydroxyl groups is 1. The van der Waals surface area contributed by atoms with Crippen molar-refractivity contribution in [1.82, 2.24) is 9.80 Å². The molecule has 0 aliphatic carbocycles. The van der Waals surface area contributed by atoms with Crippen LogP contribution in [0.2, 0.25) is 0 Å². The van der Waals surface area contributed by atoms with Crippen LogP contribution in [-0.4, -0.2) is 60.9 Å². The minimum Gasteiger partial charge on any atom is -0.507 e. The number of carbonyl (C=O) groups excluding carboxylic acids is 2. The molecule has 3 rings (SSSR count). The zero-order valence-corrected chi connectivity index (χ0v) is 22.2. The molecular formula is C29H38N2O4. The van der Waals surface area contributed by atoms with Gasteiger partial charge in [0, 0.05) is 24.2 Å². The lowest BCUT2D eigenvalue weighted by atomic mass is 9.84. The summed E-state index contributed by atoms with van der Waals surface area (Å²) in [6, 6.07) is 12.7. The smallest absolute Gasteiger partial charge is 0.295 e. The molecule has 0 bridgehead atoms. The standard InChI is InChI=1S/C29H38N2O4/c1-18(2)19-9-11-20(12-10-19)25-24(27(33)28(34)31(25)16-15-30(6)7)26(32)21-13-14-23(35-8)22(17-21)29(3,4)5/h9-14,17-18,25,32H,15-16H2,1-8H3/b26-24-. The number of amides is 1. The molecular weight excluding hydrogens is 440 g/mol. The number of hydrogen-bond donors (Lipinski definition) is 1. The van der Waals surface area contributed by atoms with Crippen LogP contribution in [0.3, 0.4) is 0 Å². The second-order valence-electron chi connectivity index (χ2n) is 10.8. The quantitative estimate of drug-likeness (QED) is 0.341. The van der Waals surface area contributed by atoms with Crippen molar-refractivity contribution in [1.29, 1.82) is 0 Å². The number of ketones is 1. The van der Waals surface area contributed by atoms with Gasteiger partial charge in [-0.15, -0.1) is 0 Å². The molecule has 188 valence electrons. The normalized spacial score (nSPS) is 18.1. The Bertz CT molecular complexity index is 1120. The fourth-order valence-electron chi connectivity index (χ4n) is 4.43. The summed E-state index contributed by atoms with van der Waals surface area (Å²) in [6.07, 6.45) is 0. The van der Waals surface area contributed by atoms with Crippen LogP contribution in [0.5, 0.6) is 5.75 Å². The topological polar surface area (TPSA) is 70.1 Å². The molecule has 6 heteroatoms. The number of benzene rings is 2. The van der Waals surface area contributed by atoms with Crippen molar-refractivity contribution in [2.45, 2.75) is 52.0 Å². The maximum atomic E-state index is 13.3. The van der Waals surface area contributed by atoms with E-state index in [1.165, 1.54) is 5.56 Å². The van der Waals surface area contributed by atoms with Crippen LogP contribution in [0.1, 0.15) is 68.8 Å². The predicted octanol–water partition coefficient (Wildman–Crippen LogP) is 5.10. The lowest BCUT2D eigenvalue weighted by Gasteiger charge is -2.27. The molecule has 0 saturated carbocycles. The van der Waals surface area contributed by atoms with E-state index in [-0.39, 0.29) is 16.7 Å². The molecule has 1 unspecified atom stereocenters. The number of likely N-dealkylation sites (tertiary alicyclic amines) is 1. The van der Waals surface area contributed by atoms with Gasteiger partial charge in [-0.05, 0) is 54.8 Å². The van der Waals surface area contributed by atoms with Crippen molar-refractivity contribution in [3.8, 4) is 5.75 Å². The molecule has 0 aromatic heterocycles. The lowest BCUT2D eigenvalue weighted by molar-refractivity contribution is -0.140. The van der Waals surface area contributed by atoms with E-state index in [2.05, 4.69) is 34.6 Å². The van der Waals surface area contributed by atoms with Crippen LogP contribution in [0.15, 0.2) is 48.0 Å². The highest BCUT2D eigenvalue weighted by molar-refractivity contribution is 6.46. The van der Waals surface area contributed by atoms with Crippen LogP contribution >= 0.6 is 0 Å². The molecule has 2 aromatic rings. The second-order valence-corrected chi connectivity index (χ2v) is 10.8. The van der Waals surface area contributed by atoms with E-state index in [0.717, 1.165) is 11.1 Å².